The summed E-state index contributed by atoms with van der Waals surface area (Å²) in [4.78, 5) is 8.72. The molecule has 1 aromatic heterocycles. The number of aliphatic hydroxyl groups excluding tert-OH is 3. The number of aromatic nitrogens is 1. The number of anilines is 1. The van der Waals surface area contributed by atoms with Crippen molar-refractivity contribution in [1.29, 1.82) is 0 Å². The van der Waals surface area contributed by atoms with Crippen LogP contribution in [-0.4, -0.2) is 76.2 Å². The molecule has 130 valence electrons. The molecule has 2 aliphatic rings. The molecule has 7 heteroatoms. The largest absolute Gasteiger partial charge is 0.423 e. The number of oxazole rings is 1. The van der Waals surface area contributed by atoms with Crippen molar-refractivity contribution in [2.75, 3.05) is 37.6 Å². The fourth-order valence-corrected chi connectivity index (χ4v) is 3.74. The van der Waals surface area contributed by atoms with E-state index in [1.54, 1.807) is 0 Å². The predicted molar refractivity (Wildman–Crippen MR) is 88.8 cm³/mol. The van der Waals surface area contributed by atoms with Crippen molar-refractivity contribution in [3.05, 3.63) is 24.3 Å². The summed E-state index contributed by atoms with van der Waals surface area (Å²) in [6, 6.07) is 8.40. The van der Waals surface area contributed by atoms with E-state index in [2.05, 4.69) is 9.88 Å². The maximum Gasteiger partial charge on any atom is 0.298 e. The number of aliphatic hydroxyl groups is 3. The van der Waals surface area contributed by atoms with Crippen LogP contribution in [0.25, 0.3) is 11.1 Å². The van der Waals surface area contributed by atoms with Crippen LogP contribution in [0.15, 0.2) is 28.7 Å². The summed E-state index contributed by atoms with van der Waals surface area (Å²) in [5, 5.41) is 29.3. The van der Waals surface area contributed by atoms with Crippen molar-refractivity contribution < 1.29 is 19.7 Å². The van der Waals surface area contributed by atoms with Gasteiger partial charge in [-0.25, -0.2) is 0 Å². The van der Waals surface area contributed by atoms with Gasteiger partial charge in [-0.3, -0.25) is 4.90 Å². The lowest BCUT2D eigenvalue weighted by Gasteiger charge is -2.37. The van der Waals surface area contributed by atoms with E-state index in [1.807, 2.05) is 29.2 Å². The number of rotatable bonds is 3. The molecule has 2 aliphatic heterocycles. The number of nitrogens with zero attached hydrogens (tertiary/aromatic N) is 3. The molecule has 24 heavy (non-hydrogen) atoms. The molecule has 0 radical (unpaired) electrons. The van der Waals surface area contributed by atoms with Gasteiger partial charge in [0.1, 0.15) is 11.6 Å². The van der Waals surface area contributed by atoms with Crippen LogP contribution in [0.3, 0.4) is 0 Å². The van der Waals surface area contributed by atoms with Crippen molar-refractivity contribution in [2.24, 2.45) is 5.92 Å². The van der Waals surface area contributed by atoms with Crippen molar-refractivity contribution in [3.8, 4) is 0 Å². The van der Waals surface area contributed by atoms with Gasteiger partial charge in [-0.05, 0) is 24.5 Å². The molecule has 0 saturated carbocycles. The Labute approximate surface area is 140 Å². The number of piperidine rings is 1. The van der Waals surface area contributed by atoms with Gasteiger partial charge in [0.2, 0.25) is 0 Å². The molecular formula is C17H23N3O4. The van der Waals surface area contributed by atoms with Gasteiger partial charge in [0, 0.05) is 32.7 Å². The highest BCUT2D eigenvalue weighted by atomic mass is 16.4. The lowest BCUT2D eigenvalue weighted by atomic mass is 10.00. The van der Waals surface area contributed by atoms with Crippen LogP contribution < -0.4 is 4.90 Å². The molecule has 0 bridgehead atoms. The molecule has 4 atom stereocenters. The molecule has 4 rings (SSSR count). The minimum Gasteiger partial charge on any atom is -0.423 e. The Bertz CT molecular complexity index is 661. The van der Waals surface area contributed by atoms with Crippen molar-refractivity contribution in [1.82, 2.24) is 9.88 Å². The van der Waals surface area contributed by atoms with E-state index in [9.17, 15) is 15.3 Å². The molecule has 0 aliphatic carbocycles. The third-order valence-corrected chi connectivity index (χ3v) is 5.03. The fourth-order valence-electron chi connectivity index (χ4n) is 3.74. The predicted octanol–water partition coefficient (Wildman–Crippen LogP) is 0.0524. The Kier molecular flexibility index (Phi) is 4.17. The average molecular weight is 333 g/mol. The molecule has 3 heterocycles. The van der Waals surface area contributed by atoms with E-state index in [4.69, 9.17) is 4.42 Å². The highest BCUT2D eigenvalue weighted by Crippen LogP contribution is 2.27. The summed E-state index contributed by atoms with van der Waals surface area (Å²) in [7, 11) is 0. The minimum atomic E-state index is -1.04. The van der Waals surface area contributed by atoms with Crippen LogP contribution in [0.4, 0.5) is 6.01 Å². The smallest absolute Gasteiger partial charge is 0.298 e. The standard InChI is InChI=1S/C17H23N3O4/c21-13-9-19(10-14(22)16(13)23)7-11-5-6-20(8-11)17-18-12-3-1-2-4-15(12)24-17/h1-4,11,13-14,16,21-23H,5-10H2/t11-,13-,14+,16+/m1/s1. The van der Waals surface area contributed by atoms with Crippen molar-refractivity contribution in [2.45, 2.75) is 24.7 Å². The van der Waals surface area contributed by atoms with Gasteiger partial charge >= 0.3 is 0 Å². The number of β-amino-alcohol motifs (C(OH)–C–C–N with tert-alkyl or cyclic N) is 2. The molecular weight excluding hydrogens is 310 g/mol. The molecule has 2 fully saturated rings. The van der Waals surface area contributed by atoms with E-state index in [1.165, 1.54) is 0 Å². The number of hydrogen-bond acceptors (Lipinski definition) is 7. The molecule has 0 amide bonds. The van der Waals surface area contributed by atoms with Crippen LogP contribution in [0.2, 0.25) is 0 Å². The second-order valence-electron chi connectivity index (χ2n) is 6.91. The lowest BCUT2D eigenvalue weighted by molar-refractivity contribution is -0.111. The second-order valence-corrected chi connectivity index (χ2v) is 6.91. The zero-order chi connectivity index (χ0) is 16.7. The first-order valence-corrected chi connectivity index (χ1v) is 8.47. The summed E-state index contributed by atoms with van der Waals surface area (Å²) in [5.41, 5.74) is 1.67. The number of hydrogen-bond donors (Lipinski definition) is 3. The monoisotopic (exact) mass is 333 g/mol. The quantitative estimate of drug-likeness (QED) is 0.731. The number of likely N-dealkylation sites (tertiary alicyclic amines) is 1. The minimum absolute atomic E-state index is 0.400. The van der Waals surface area contributed by atoms with E-state index < -0.39 is 18.3 Å². The van der Waals surface area contributed by atoms with Gasteiger partial charge in [0.15, 0.2) is 5.58 Å². The fraction of sp³-hybridized carbons (Fsp3) is 0.588. The normalized spacial score (nSPS) is 31.9. The van der Waals surface area contributed by atoms with Gasteiger partial charge in [0.05, 0.1) is 12.2 Å². The number of para-hydroxylation sites is 2. The van der Waals surface area contributed by atoms with Gasteiger partial charge < -0.3 is 24.6 Å². The van der Waals surface area contributed by atoms with Crippen molar-refractivity contribution in [3.63, 3.8) is 0 Å². The highest BCUT2D eigenvalue weighted by molar-refractivity contribution is 5.74. The summed E-state index contributed by atoms with van der Waals surface area (Å²) in [6.07, 6.45) is -1.79. The first-order chi connectivity index (χ1) is 11.6. The van der Waals surface area contributed by atoms with E-state index in [-0.39, 0.29) is 0 Å². The zero-order valence-electron chi connectivity index (χ0n) is 13.5. The van der Waals surface area contributed by atoms with Crippen molar-refractivity contribution >= 4 is 17.1 Å². The summed E-state index contributed by atoms with van der Waals surface area (Å²) < 4.78 is 5.83. The molecule has 7 nitrogen and oxygen atoms in total. The Morgan fingerprint density at radius 1 is 1.08 bits per heavy atom. The Morgan fingerprint density at radius 3 is 2.58 bits per heavy atom. The summed E-state index contributed by atoms with van der Waals surface area (Å²) in [6.45, 7) is 3.32. The number of fused-ring (bicyclic) bond motifs is 1. The average Bonchev–Trinajstić information content (AvgIpc) is 3.18. The maximum atomic E-state index is 9.82. The number of benzene rings is 1. The summed E-state index contributed by atoms with van der Waals surface area (Å²) >= 11 is 0. The maximum absolute atomic E-state index is 9.82. The first kappa shape index (κ1) is 15.8. The van der Waals surface area contributed by atoms with Gasteiger partial charge in [-0.1, -0.05) is 12.1 Å². The highest BCUT2D eigenvalue weighted by Gasteiger charge is 2.35. The zero-order valence-corrected chi connectivity index (χ0v) is 13.5. The van der Waals surface area contributed by atoms with Crippen LogP contribution in [0, 0.1) is 5.92 Å². The lowest BCUT2D eigenvalue weighted by Crippen LogP contribution is -2.56. The molecule has 3 N–H and O–H groups in total. The van der Waals surface area contributed by atoms with Crippen LogP contribution >= 0.6 is 0 Å². The molecule has 1 aromatic carbocycles. The molecule has 2 saturated heterocycles. The Morgan fingerprint density at radius 2 is 1.83 bits per heavy atom. The molecule has 0 spiro atoms. The van der Waals surface area contributed by atoms with Crippen LogP contribution in [-0.2, 0) is 0 Å². The third kappa shape index (κ3) is 3.00. The summed E-state index contributed by atoms with van der Waals surface area (Å²) in [5.74, 6) is 0.426. The van der Waals surface area contributed by atoms with Gasteiger partial charge in [0.25, 0.3) is 6.01 Å². The molecule has 0 unspecified atom stereocenters. The topological polar surface area (TPSA) is 93.2 Å². The van der Waals surface area contributed by atoms with Gasteiger partial charge in [-0.2, -0.15) is 4.98 Å². The first-order valence-electron chi connectivity index (χ1n) is 8.47. The Hall–Kier alpha value is -1.67. The Balaban J connectivity index is 1.38. The second kappa shape index (κ2) is 6.33. The van der Waals surface area contributed by atoms with Crippen LogP contribution in [0.5, 0.6) is 0 Å². The SMILES string of the molecule is O[C@H]1[C@H](O)CN(C[C@H]2CCN(c3nc4ccccc4o3)C2)C[C@@H]1O. The van der Waals surface area contributed by atoms with Crippen LogP contribution in [0.1, 0.15) is 6.42 Å². The van der Waals surface area contributed by atoms with E-state index in [0.29, 0.717) is 25.0 Å². The van der Waals surface area contributed by atoms with E-state index in [0.717, 1.165) is 37.2 Å². The van der Waals surface area contributed by atoms with Gasteiger partial charge in [-0.15, -0.1) is 0 Å². The third-order valence-electron chi connectivity index (χ3n) is 5.03. The molecule has 2 aromatic rings. The van der Waals surface area contributed by atoms with E-state index >= 15 is 0 Å².